The van der Waals surface area contributed by atoms with E-state index in [9.17, 15) is 0 Å². The van der Waals surface area contributed by atoms with Gasteiger partial charge in [0.05, 0.1) is 0 Å². The summed E-state index contributed by atoms with van der Waals surface area (Å²) in [7, 11) is 2.19. The molecule has 2 rings (SSSR count). The predicted octanol–water partition coefficient (Wildman–Crippen LogP) is 2.11. The first-order chi connectivity index (χ1) is 9.37. The van der Waals surface area contributed by atoms with Crippen molar-refractivity contribution in [3.63, 3.8) is 0 Å². The van der Waals surface area contributed by atoms with Crippen LogP contribution in [0.25, 0.3) is 0 Å². The van der Waals surface area contributed by atoms with E-state index in [4.69, 9.17) is 0 Å². The summed E-state index contributed by atoms with van der Waals surface area (Å²) >= 11 is 0. The molecule has 0 saturated carbocycles. The maximum absolute atomic E-state index is 4.65. The van der Waals surface area contributed by atoms with Gasteiger partial charge in [0.2, 0.25) is 0 Å². The predicted molar refractivity (Wildman–Crippen MR) is 85.1 cm³/mol. The van der Waals surface area contributed by atoms with Crippen LogP contribution in [0, 0.1) is 0 Å². The third-order valence-corrected chi connectivity index (χ3v) is 3.78. The summed E-state index contributed by atoms with van der Waals surface area (Å²) in [6.07, 6.45) is 1.90. The van der Waals surface area contributed by atoms with Crippen molar-refractivity contribution in [2.24, 2.45) is 0 Å². The third-order valence-electron chi connectivity index (χ3n) is 3.78. The van der Waals surface area contributed by atoms with Crippen LogP contribution in [0.5, 0.6) is 0 Å². The number of aromatic nitrogens is 1. The van der Waals surface area contributed by atoms with Crippen LogP contribution in [0.2, 0.25) is 0 Å². The minimum atomic E-state index is 0.126. The molecule has 0 aliphatic carbocycles. The van der Waals surface area contributed by atoms with Crippen LogP contribution in [-0.4, -0.2) is 48.1 Å². The number of rotatable bonds is 3. The van der Waals surface area contributed by atoms with E-state index in [1.54, 1.807) is 0 Å². The highest BCUT2D eigenvalue weighted by atomic mass is 15.3. The first-order valence-electron chi connectivity index (χ1n) is 7.51. The van der Waals surface area contributed by atoms with Gasteiger partial charge in [-0.2, -0.15) is 0 Å². The van der Waals surface area contributed by atoms with E-state index in [1.165, 1.54) is 5.56 Å². The van der Waals surface area contributed by atoms with Gasteiger partial charge in [-0.25, -0.2) is 4.98 Å². The van der Waals surface area contributed by atoms with Gasteiger partial charge < -0.3 is 15.1 Å². The monoisotopic (exact) mass is 276 g/mol. The molecule has 1 saturated heterocycles. The van der Waals surface area contributed by atoms with E-state index in [0.717, 1.165) is 32.0 Å². The highest BCUT2D eigenvalue weighted by Gasteiger charge is 2.24. The van der Waals surface area contributed by atoms with Crippen molar-refractivity contribution >= 4 is 5.82 Å². The Bertz CT molecular complexity index is 438. The summed E-state index contributed by atoms with van der Waals surface area (Å²) in [6.45, 7) is 13.0. The molecule has 1 aromatic rings. The molecule has 0 spiro atoms. The van der Waals surface area contributed by atoms with Gasteiger partial charge in [-0.3, -0.25) is 0 Å². The molecule has 20 heavy (non-hydrogen) atoms. The number of piperazine rings is 1. The minimum Gasteiger partial charge on any atom is -0.351 e. The largest absolute Gasteiger partial charge is 0.351 e. The minimum absolute atomic E-state index is 0.126. The fourth-order valence-electron chi connectivity index (χ4n) is 2.64. The van der Waals surface area contributed by atoms with Gasteiger partial charge >= 0.3 is 0 Å². The molecule has 1 aliphatic heterocycles. The van der Waals surface area contributed by atoms with Gasteiger partial charge in [-0.05, 0) is 40.8 Å². The van der Waals surface area contributed by atoms with Crippen LogP contribution in [-0.2, 0) is 6.54 Å². The van der Waals surface area contributed by atoms with E-state index in [1.807, 2.05) is 12.3 Å². The van der Waals surface area contributed by atoms with Crippen LogP contribution >= 0.6 is 0 Å². The topological polar surface area (TPSA) is 31.4 Å². The van der Waals surface area contributed by atoms with Crippen LogP contribution in [0.1, 0.15) is 33.3 Å². The van der Waals surface area contributed by atoms with Crippen LogP contribution in [0.3, 0.4) is 0 Å². The zero-order valence-corrected chi connectivity index (χ0v) is 13.5. The fraction of sp³-hybridized carbons (Fsp3) is 0.688. The quantitative estimate of drug-likeness (QED) is 0.916. The normalized spacial score (nSPS) is 21.2. The molecule has 1 atom stereocenters. The van der Waals surface area contributed by atoms with Crippen molar-refractivity contribution < 1.29 is 0 Å². The van der Waals surface area contributed by atoms with E-state index in [2.05, 4.69) is 60.9 Å². The van der Waals surface area contributed by atoms with Crippen LogP contribution in [0.4, 0.5) is 5.82 Å². The SMILES string of the molecule is CC1CN(C)CCN1c1ncccc1CNC(C)(C)C. The maximum Gasteiger partial charge on any atom is 0.133 e. The lowest BCUT2D eigenvalue weighted by Crippen LogP contribution is -2.51. The molecule has 4 nitrogen and oxygen atoms in total. The Hall–Kier alpha value is -1.13. The lowest BCUT2D eigenvalue weighted by Gasteiger charge is -2.40. The summed E-state index contributed by atoms with van der Waals surface area (Å²) < 4.78 is 0. The Morgan fingerprint density at radius 3 is 2.75 bits per heavy atom. The molecular formula is C16H28N4. The Balaban J connectivity index is 2.15. The molecule has 1 unspecified atom stereocenters. The van der Waals surface area contributed by atoms with Gasteiger partial charge in [0.25, 0.3) is 0 Å². The van der Waals surface area contributed by atoms with E-state index in [0.29, 0.717) is 6.04 Å². The summed E-state index contributed by atoms with van der Waals surface area (Å²) in [5.74, 6) is 1.14. The second kappa shape index (κ2) is 6.10. The number of nitrogens with zero attached hydrogens (tertiary/aromatic N) is 3. The van der Waals surface area contributed by atoms with Gasteiger partial charge in [0.15, 0.2) is 0 Å². The van der Waals surface area contributed by atoms with Crippen molar-refractivity contribution in [3.05, 3.63) is 23.9 Å². The molecule has 0 bridgehead atoms. The lowest BCUT2D eigenvalue weighted by molar-refractivity contribution is 0.274. The van der Waals surface area contributed by atoms with Crippen molar-refractivity contribution in [3.8, 4) is 0 Å². The Labute approximate surface area is 123 Å². The molecule has 0 radical (unpaired) electrons. The molecule has 112 valence electrons. The smallest absolute Gasteiger partial charge is 0.133 e. The number of hydrogen-bond donors (Lipinski definition) is 1. The average molecular weight is 276 g/mol. The summed E-state index contributed by atoms with van der Waals surface area (Å²) in [6, 6.07) is 4.73. The first-order valence-corrected chi connectivity index (χ1v) is 7.51. The standard InChI is InChI=1S/C16H28N4/c1-13-12-19(5)9-10-20(13)15-14(7-6-8-17-15)11-18-16(2,3)4/h6-8,13,18H,9-12H2,1-5H3. The molecule has 1 fully saturated rings. The summed E-state index contributed by atoms with van der Waals surface area (Å²) in [5, 5.41) is 3.56. The van der Waals surface area contributed by atoms with Crippen molar-refractivity contribution in [1.29, 1.82) is 0 Å². The highest BCUT2D eigenvalue weighted by Crippen LogP contribution is 2.22. The van der Waals surface area contributed by atoms with E-state index in [-0.39, 0.29) is 5.54 Å². The van der Waals surface area contributed by atoms with Crippen LogP contribution < -0.4 is 10.2 Å². The number of pyridine rings is 1. The zero-order valence-electron chi connectivity index (χ0n) is 13.5. The van der Waals surface area contributed by atoms with E-state index >= 15 is 0 Å². The summed E-state index contributed by atoms with van der Waals surface area (Å²) in [5.41, 5.74) is 1.42. The lowest BCUT2D eigenvalue weighted by atomic mass is 10.1. The second-order valence-corrected chi connectivity index (χ2v) is 6.89. The highest BCUT2D eigenvalue weighted by molar-refractivity contribution is 5.48. The molecule has 2 heterocycles. The average Bonchev–Trinajstić information content (AvgIpc) is 2.36. The van der Waals surface area contributed by atoms with Gasteiger partial charge in [0.1, 0.15) is 5.82 Å². The zero-order chi connectivity index (χ0) is 14.8. The third kappa shape index (κ3) is 3.93. The van der Waals surface area contributed by atoms with Crippen molar-refractivity contribution in [2.45, 2.75) is 45.8 Å². The Morgan fingerprint density at radius 1 is 1.35 bits per heavy atom. The maximum atomic E-state index is 4.65. The first kappa shape index (κ1) is 15.3. The number of nitrogens with one attached hydrogen (secondary N) is 1. The Kier molecular flexibility index (Phi) is 4.66. The fourth-order valence-corrected chi connectivity index (χ4v) is 2.64. The van der Waals surface area contributed by atoms with Crippen molar-refractivity contribution in [2.75, 3.05) is 31.6 Å². The summed E-state index contributed by atoms with van der Waals surface area (Å²) in [4.78, 5) is 9.48. The number of anilines is 1. The number of hydrogen-bond acceptors (Lipinski definition) is 4. The molecule has 1 aromatic heterocycles. The molecule has 0 amide bonds. The number of likely N-dealkylation sites (N-methyl/N-ethyl adjacent to an activating group) is 1. The molecule has 0 aromatic carbocycles. The van der Waals surface area contributed by atoms with Gasteiger partial charge in [-0.15, -0.1) is 0 Å². The van der Waals surface area contributed by atoms with Gasteiger partial charge in [-0.1, -0.05) is 6.07 Å². The van der Waals surface area contributed by atoms with Gasteiger partial charge in [0, 0.05) is 49.5 Å². The Morgan fingerprint density at radius 2 is 2.10 bits per heavy atom. The second-order valence-electron chi connectivity index (χ2n) is 6.89. The van der Waals surface area contributed by atoms with Crippen LogP contribution in [0.15, 0.2) is 18.3 Å². The van der Waals surface area contributed by atoms with E-state index < -0.39 is 0 Å². The molecule has 4 heteroatoms. The molecule has 1 N–H and O–H groups in total. The van der Waals surface area contributed by atoms with Crippen molar-refractivity contribution in [1.82, 2.24) is 15.2 Å². The molecular weight excluding hydrogens is 248 g/mol. The molecule has 1 aliphatic rings.